The highest BCUT2D eigenvalue weighted by Gasteiger charge is 2.22. The molecule has 2 aromatic rings. The number of aliphatic imine (C=N–C) groups is 1. The van der Waals surface area contributed by atoms with E-state index in [2.05, 4.69) is 104 Å². The van der Waals surface area contributed by atoms with Gasteiger partial charge in [-0.25, -0.2) is 15.0 Å². The Balaban J connectivity index is 0.000000946. The van der Waals surface area contributed by atoms with Crippen LogP contribution in [0.15, 0.2) is 86.5 Å². The Labute approximate surface area is 344 Å². The fraction of sp³-hybridized carbons (Fsp3) is 0.511. The molecule has 0 radical (unpaired) electrons. The predicted molar refractivity (Wildman–Crippen MR) is 236 cm³/mol. The van der Waals surface area contributed by atoms with Gasteiger partial charge < -0.3 is 24.8 Å². The van der Waals surface area contributed by atoms with E-state index in [1.807, 2.05) is 62.6 Å². The van der Waals surface area contributed by atoms with Gasteiger partial charge in [0.25, 0.3) is 0 Å². The van der Waals surface area contributed by atoms with Crippen molar-refractivity contribution in [1.82, 2.24) is 9.99 Å². The molecule has 1 aromatic carbocycles. The van der Waals surface area contributed by atoms with Crippen LogP contribution in [0.25, 0.3) is 0 Å². The number of esters is 1. The number of aliphatic hydroxyl groups excluding tert-OH is 1. The van der Waals surface area contributed by atoms with Crippen molar-refractivity contribution in [2.24, 2.45) is 21.9 Å². The topological polar surface area (TPSA) is 112 Å². The van der Waals surface area contributed by atoms with Crippen LogP contribution in [-0.2, 0) is 9.53 Å². The number of benzene rings is 1. The van der Waals surface area contributed by atoms with Crippen LogP contribution in [0.4, 0.5) is 11.5 Å². The molecule has 0 spiro atoms. The average molecular weight is 834 g/mol. The number of anilines is 2. The Morgan fingerprint density at radius 2 is 1.88 bits per heavy atom. The van der Waals surface area contributed by atoms with E-state index in [0.29, 0.717) is 5.84 Å². The highest BCUT2D eigenvalue weighted by Crippen LogP contribution is 2.32. The highest BCUT2D eigenvalue weighted by atomic mass is 79.9. The molecule has 2 unspecified atom stereocenters. The molecule has 2 atom stereocenters. The van der Waals surface area contributed by atoms with Crippen molar-refractivity contribution < 1.29 is 19.4 Å². The van der Waals surface area contributed by atoms with Crippen LogP contribution in [-0.4, -0.2) is 58.4 Å². The van der Waals surface area contributed by atoms with Gasteiger partial charge in [-0.1, -0.05) is 59.5 Å². The predicted octanol–water partition coefficient (Wildman–Crippen LogP) is 11.0. The number of allylic oxidation sites excluding steroid dienone is 4. The van der Waals surface area contributed by atoms with Crippen LogP contribution in [0.5, 0.6) is 5.75 Å². The summed E-state index contributed by atoms with van der Waals surface area (Å²) in [5.74, 6) is 3.30. The zero-order chi connectivity index (χ0) is 41.4. The maximum absolute atomic E-state index is 10.2. The fourth-order valence-corrected chi connectivity index (χ4v) is 6.67. The van der Waals surface area contributed by atoms with E-state index < -0.39 is 0 Å². The van der Waals surface area contributed by atoms with Crippen molar-refractivity contribution in [1.29, 1.82) is 0 Å². The Kier molecular flexibility index (Phi) is 18.6. The third kappa shape index (κ3) is 14.7. The number of rotatable bonds is 16. The Morgan fingerprint density at radius 3 is 2.50 bits per heavy atom. The van der Waals surface area contributed by atoms with Crippen molar-refractivity contribution in [3.05, 3.63) is 93.2 Å². The van der Waals surface area contributed by atoms with Gasteiger partial charge in [0.1, 0.15) is 28.6 Å². The monoisotopic (exact) mass is 832 g/mol. The first kappa shape index (κ1) is 46.2. The summed E-state index contributed by atoms with van der Waals surface area (Å²) < 4.78 is 12.1. The molecule has 0 fully saturated rings. The molecule has 306 valence electrons. The molecule has 11 heteroatoms. The summed E-state index contributed by atoms with van der Waals surface area (Å²) >= 11 is 3.81. The van der Waals surface area contributed by atoms with Crippen LogP contribution in [0.2, 0.25) is 0 Å². The Morgan fingerprint density at radius 1 is 1.12 bits per heavy atom. The van der Waals surface area contributed by atoms with E-state index in [1.54, 1.807) is 0 Å². The number of hydrogen-bond donors (Lipinski definition) is 2. The first-order valence-electron chi connectivity index (χ1n) is 20.0. The largest absolute Gasteiger partial charge is 0.460 e. The summed E-state index contributed by atoms with van der Waals surface area (Å²) in [5, 5.41) is 19.9. The molecule has 1 aromatic heterocycles. The molecule has 2 aliphatic rings. The molecule has 4 rings (SSSR count). The molecule has 0 bridgehead atoms. The summed E-state index contributed by atoms with van der Waals surface area (Å²) in [6, 6.07) is 8.21. The summed E-state index contributed by atoms with van der Waals surface area (Å²) in [5.41, 5.74) is 5.67. The van der Waals surface area contributed by atoms with Crippen molar-refractivity contribution >= 4 is 45.5 Å². The number of aryl methyl sites for hydroxylation is 2. The molecule has 0 aliphatic carbocycles. The summed E-state index contributed by atoms with van der Waals surface area (Å²) in [6.07, 6.45) is 18.5. The van der Waals surface area contributed by atoms with E-state index in [-0.39, 0.29) is 30.0 Å². The number of ether oxygens (including phenoxy) is 2. The molecule has 0 saturated carbocycles. The molecular weight excluding hydrogens is 768 g/mol. The quantitative estimate of drug-likeness (QED) is 0.0744. The van der Waals surface area contributed by atoms with Crippen molar-refractivity contribution in [2.75, 3.05) is 29.9 Å². The number of hydrazone groups is 1. The second kappa shape index (κ2) is 22.5. The number of fused-ring (bicyclic) bond motifs is 1. The fourth-order valence-electron chi connectivity index (χ4n) is 5.99. The van der Waals surface area contributed by atoms with Crippen molar-refractivity contribution in [2.45, 2.75) is 120 Å². The van der Waals surface area contributed by atoms with Crippen LogP contribution in [0, 0.1) is 25.7 Å². The lowest BCUT2D eigenvalue weighted by Crippen LogP contribution is -2.32. The van der Waals surface area contributed by atoms with E-state index in [1.165, 1.54) is 31.8 Å². The number of hydrogen-bond acceptors (Lipinski definition) is 9. The van der Waals surface area contributed by atoms with Gasteiger partial charge in [0.15, 0.2) is 5.84 Å². The normalized spacial score (nSPS) is 15.9. The molecule has 2 N–H and O–H groups in total. The third-order valence-electron chi connectivity index (χ3n) is 9.08. The highest BCUT2D eigenvalue weighted by molar-refractivity contribution is 9.10. The summed E-state index contributed by atoms with van der Waals surface area (Å²) in [4.78, 5) is 22.7. The number of pyridine rings is 1. The van der Waals surface area contributed by atoms with E-state index in [4.69, 9.17) is 19.5 Å². The zero-order valence-electron chi connectivity index (χ0n) is 35.6. The van der Waals surface area contributed by atoms with E-state index in [9.17, 15) is 9.90 Å². The van der Waals surface area contributed by atoms with Crippen LogP contribution in [0.1, 0.15) is 118 Å². The zero-order valence-corrected chi connectivity index (χ0v) is 37.2. The SMILES string of the molecule is CC(=O)OC(C)(C)C.CCC/C=C/N=C(Nc1ccc(OC2=CC3=C(C)C(C)C=NN3C=C2)c(C)c1)c1nc(N(CCCCCC)CC(C)CO)c(Br)cc1C. The number of carbonyl (C=O) groups is 1. The van der Waals surface area contributed by atoms with Gasteiger partial charge in [0.05, 0.1) is 10.2 Å². The molecule has 2 aliphatic heterocycles. The number of carbonyl (C=O) groups excluding carboxylic acids is 1. The number of amidine groups is 1. The number of unbranched alkanes of at least 4 members (excludes halogenated alkanes) is 4. The standard InChI is InChI=1S/C39H53BrN6O2.C6H12O2/c1-8-10-12-14-19-45(25-27(3)26-47)39-34(40)22-29(5)37(44-39)38(41-18-13-11-9-2)43-32-15-16-36(28(4)21-32)48-33-17-20-46-35(23-33)31(7)30(6)24-42-46;1-5(7)8-6(2,3)4/h13,15-18,20-24,27,30,47H,8-12,14,19,25-26H2,1-7H3,(H,41,43);1-4H3/b18-13+;. The second-order valence-corrected chi connectivity index (χ2v) is 16.5. The number of nitrogens with zero attached hydrogens (tertiary/aromatic N) is 5. The molecule has 3 heterocycles. The molecular formula is C45H65BrN6O4. The Hall–Kier alpha value is -4.22. The van der Waals surface area contributed by atoms with Gasteiger partial charge in [-0.15, -0.1) is 0 Å². The first-order valence-corrected chi connectivity index (χ1v) is 20.8. The molecule has 0 amide bonds. The van der Waals surface area contributed by atoms with Crippen molar-refractivity contribution in [3.8, 4) is 5.75 Å². The maximum Gasteiger partial charge on any atom is 0.303 e. The smallest absolute Gasteiger partial charge is 0.303 e. The lowest BCUT2D eigenvalue weighted by atomic mass is 9.99. The Bertz CT molecular complexity index is 1810. The van der Waals surface area contributed by atoms with Crippen LogP contribution >= 0.6 is 15.9 Å². The van der Waals surface area contributed by atoms with Gasteiger partial charge in [-0.3, -0.25) is 4.79 Å². The van der Waals surface area contributed by atoms with Crippen LogP contribution < -0.4 is 15.0 Å². The third-order valence-corrected chi connectivity index (χ3v) is 9.67. The molecule has 0 saturated heterocycles. The summed E-state index contributed by atoms with van der Waals surface area (Å²) in [6.45, 7) is 23.5. The van der Waals surface area contributed by atoms with E-state index in [0.717, 1.165) is 82.4 Å². The lowest BCUT2D eigenvalue weighted by Gasteiger charge is -2.28. The summed E-state index contributed by atoms with van der Waals surface area (Å²) in [7, 11) is 0. The average Bonchev–Trinajstić information content (AvgIpc) is 3.13. The molecule has 10 nitrogen and oxygen atoms in total. The van der Waals surface area contributed by atoms with Gasteiger partial charge in [0.2, 0.25) is 0 Å². The molecule has 56 heavy (non-hydrogen) atoms. The minimum atomic E-state index is -0.328. The number of aromatic nitrogens is 1. The van der Waals surface area contributed by atoms with Crippen LogP contribution in [0.3, 0.4) is 0 Å². The number of aliphatic hydroxyl groups is 1. The maximum atomic E-state index is 10.2. The first-order chi connectivity index (χ1) is 26.6. The minimum Gasteiger partial charge on any atom is -0.460 e. The number of halogens is 1. The van der Waals surface area contributed by atoms with E-state index >= 15 is 0 Å². The van der Waals surface area contributed by atoms with Gasteiger partial charge in [-0.2, -0.15) is 5.10 Å². The van der Waals surface area contributed by atoms with Gasteiger partial charge in [-0.05, 0) is 123 Å². The second-order valence-electron chi connectivity index (χ2n) is 15.6. The minimum absolute atomic E-state index is 0.126. The van der Waals surface area contributed by atoms with Crippen molar-refractivity contribution in [3.63, 3.8) is 0 Å². The van der Waals surface area contributed by atoms with Gasteiger partial charge in [0, 0.05) is 62.9 Å². The number of nitrogens with one attached hydrogen (secondary N) is 1. The van der Waals surface area contributed by atoms with Gasteiger partial charge >= 0.3 is 5.97 Å². The lowest BCUT2D eigenvalue weighted by molar-refractivity contribution is -0.151.